The van der Waals surface area contributed by atoms with E-state index in [0.717, 1.165) is 17.0 Å². The van der Waals surface area contributed by atoms with Gasteiger partial charge in [-0.25, -0.2) is 4.79 Å². The zero-order valence-electron chi connectivity index (χ0n) is 15.6. The van der Waals surface area contributed by atoms with Crippen molar-refractivity contribution in [1.29, 1.82) is 0 Å². The Hall–Kier alpha value is -2.79. The van der Waals surface area contributed by atoms with E-state index in [-0.39, 0.29) is 11.7 Å². The third kappa shape index (κ3) is 3.16. The second kappa shape index (κ2) is 7.32. The number of methoxy groups -OCH3 is 1. The number of furan rings is 1. The number of hydrogen-bond acceptors (Lipinski definition) is 5. The van der Waals surface area contributed by atoms with Gasteiger partial charge in [0.2, 0.25) is 0 Å². The van der Waals surface area contributed by atoms with Crippen LogP contribution in [-0.2, 0) is 14.3 Å². The van der Waals surface area contributed by atoms with Crippen LogP contribution in [0, 0.1) is 0 Å². The Kier molecular flexibility index (Phi) is 4.85. The number of esters is 1. The Morgan fingerprint density at radius 3 is 2.61 bits per heavy atom. The summed E-state index contributed by atoms with van der Waals surface area (Å²) >= 11 is 6.04. The molecule has 0 unspecified atom stereocenters. The van der Waals surface area contributed by atoms with Gasteiger partial charge in [0.1, 0.15) is 5.76 Å². The number of halogens is 1. The van der Waals surface area contributed by atoms with Crippen LogP contribution in [0.25, 0.3) is 0 Å². The Balaban J connectivity index is 1.82. The van der Waals surface area contributed by atoms with Gasteiger partial charge in [-0.3, -0.25) is 4.79 Å². The van der Waals surface area contributed by atoms with Crippen molar-refractivity contribution in [2.45, 2.75) is 31.6 Å². The summed E-state index contributed by atoms with van der Waals surface area (Å²) in [7, 11) is 1.35. The van der Waals surface area contributed by atoms with Crippen LogP contribution in [0.5, 0.6) is 0 Å². The van der Waals surface area contributed by atoms with Crippen LogP contribution in [0.15, 0.2) is 69.6 Å². The van der Waals surface area contributed by atoms with Gasteiger partial charge in [-0.15, -0.1) is 0 Å². The monoisotopic (exact) mass is 397 g/mol. The van der Waals surface area contributed by atoms with Crippen molar-refractivity contribution in [3.8, 4) is 0 Å². The van der Waals surface area contributed by atoms with E-state index in [1.165, 1.54) is 7.11 Å². The van der Waals surface area contributed by atoms with E-state index in [2.05, 4.69) is 5.32 Å². The van der Waals surface area contributed by atoms with Gasteiger partial charge in [-0.1, -0.05) is 23.7 Å². The smallest absolute Gasteiger partial charge is 0.336 e. The fourth-order valence-corrected chi connectivity index (χ4v) is 4.26. The first-order valence-corrected chi connectivity index (χ1v) is 9.48. The molecule has 0 bridgehead atoms. The zero-order chi connectivity index (χ0) is 19.8. The molecule has 28 heavy (non-hydrogen) atoms. The molecule has 2 aromatic rings. The van der Waals surface area contributed by atoms with E-state index in [0.29, 0.717) is 34.7 Å². The van der Waals surface area contributed by atoms with Gasteiger partial charge in [-0.2, -0.15) is 0 Å². The quantitative estimate of drug-likeness (QED) is 0.774. The molecular weight excluding hydrogens is 378 g/mol. The number of hydrogen-bond donors (Lipinski definition) is 1. The maximum atomic E-state index is 13.2. The number of allylic oxidation sites excluding steroid dienone is 3. The van der Waals surface area contributed by atoms with Crippen molar-refractivity contribution in [3.63, 3.8) is 0 Å². The van der Waals surface area contributed by atoms with Gasteiger partial charge in [0, 0.05) is 40.2 Å². The summed E-state index contributed by atoms with van der Waals surface area (Å²) in [5, 5.41) is 3.88. The standard InChI is InChI=1S/C22H20ClNO4/c1-12-19(22(26)27-2)20(13-5-7-15(23)8-6-13)21-16(24-12)10-14(11-17(21)25)18-4-3-9-28-18/h3-9,14,20,24H,10-11H2,1-2H3/t14-,20+/m0/s1. The Bertz CT molecular complexity index is 986. The molecule has 0 saturated heterocycles. The predicted octanol–water partition coefficient (Wildman–Crippen LogP) is 4.47. The molecule has 6 heteroatoms. The van der Waals surface area contributed by atoms with E-state index in [9.17, 15) is 9.59 Å². The molecule has 1 N–H and O–H groups in total. The maximum Gasteiger partial charge on any atom is 0.336 e. The molecule has 0 saturated carbocycles. The van der Waals surface area contributed by atoms with Crippen LogP contribution < -0.4 is 5.32 Å². The number of carbonyl (C=O) groups is 2. The number of dihydropyridines is 1. The molecule has 4 rings (SSSR count). The van der Waals surface area contributed by atoms with Crippen molar-refractivity contribution >= 4 is 23.4 Å². The summed E-state index contributed by atoms with van der Waals surface area (Å²) < 4.78 is 10.5. The number of Topliss-reactive ketones (excluding diaryl/α,β-unsaturated/α-hetero) is 1. The summed E-state index contributed by atoms with van der Waals surface area (Å²) in [6.07, 6.45) is 2.60. The second-order valence-corrected chi connectivity index (χ2v) is 7.51. The topological polar surface area (TPSA) is 68.5 Å². The molecule has 0 amide bonds. The normalized spacial score (nSPS) is 22.0. The highest BCUT2D eigenvalue weighted by atomic mass is 35.5. The molecule has 1 aliphatic carbocycles. The SMILES string of the molecule is COC(=O)C1=C(C)NC2=C(C(=O)C[C@@H](c3ccco3)C2)[C@@H]1c1ccc(Cl)cc1. The number of rotatable bonds is 3. The second-order valence-electron chi connectivity index (χ2n) is 7.08. The summed E-state index contributed by atoms with van der Waals surface area (Å²) in [5.74, 6) is -0.148. The number of ketones is 1. The van der Waals surface area contributed by atoms with E-state index < -0.39 is 11.9 Å². The van der Waals surface area contributed by atoms with E-state index in [4.69, 9.17) is 20.8 Å². The van der Waals surface area contributed by atoms with E-state index in [1.54, 1.807) is 18.4 Å². The summed E-state index contributed by atoms with van der Waals surface area (Å²) in [5.41, 5.74) is 3.44. The van der Waals surface area contributed by atoms with Gasteiger partial charge in [-0.05, 0) is 43.2 Å². The maximum absolute atomic E-state index is 13.2. The highest BCUT2D eigenvalue weighted by Gasteiger charge is 2.41. The van der Waals surface area contributed by atoms with Crippen molar-refractivity contribution in [3.05, 3.63) is 81.5 Å². The lowest BCUT2D eigenvalue weighted by atomic mass is 9.72. The van der Waals surface area contributed by atoms with Crippen molar-refractivity contribution in [1.82, 2.24) is 5.32 Å². The first-order chi connectivity index (χ1) is 13.5. The lowest BCUT2D eigenvalue weighted by Gasteiger charge is -2.36. The molecule has 1 aromatic heterocycles. The van der Waals surface area contributed by atoms with Crippen LogP contribution >= 0.6 is 11.6 Å². The van der Waals surface area contributed by atoms with Crippen LogP contribution in [0.2, 0.25) is 5.02 Å². The number of benzene rings is 1. The van der Waals surface area contributed by atoms with Gasteiger partial charge in [0.05, 0.1) is 18.9 Å². The molecular formula is C22H20ClNO4. The predicted molar refractivity (Wildman–Crippen MR) is 105 cm³/mol. The van der Waals surface area contributed by atoms with Crippen LogP contribution in [0.4, 0.5) is 0 Å². The number of nitrogens with one attached hydrogen (secondary N) is 1. The molecule has 2 aliphatic rings. The minimum absolute atomic E-state index is 0.00371. The van der Waals surface area contributed by atoms with E-state index in [1.807, 2.05) is 31.2 Å². The summed E-state index contributed by atoms with van der Waals surface area (Å²) in [6.45, 7) is 1.83. The van der Waals surface area contributed by atoms with Crippen molar-refractivity contribution in [2.24, 2.45) is 0 Å². The molecule has 2 atom stereocenters. The Labute approximate surface area is 168 Å². The summed E-state index contributed by atoms with van der Waals surface area (Å²) in [6, 6.07) is 11.0. The van der Waals surface area contributed by atoms with Crippen LogP contribution in [0.3, 0.4) is 0 Å². The highest BCUT2D eigenvalue weighted by molar-refractivity contribution is 6.30. The average molecular weight is 398 g/mol. The van der Waals surface area contributed by atoms with Gasteiger partial charge < -0.3 is 14.5 Å². The number of carbonyl (C=O) groups excluding carboxylic acids is 2. The minimum atomic E-state index is -0.481. The molecule has 0 radical (unpaired) electrons. The van der Waals surface area contributed by atoms with Crippen LogP contribution in [0.1, 0.15) is 42.9 Å². The fourth-order valence-electron chi connectivity index (χ4n) is 4.13. The fraction of sp³-hybridized carbons (Fsp3) is 0.273. The number of ether oxygens (including phenoxy) is 1. The van der Waals surface area contributed by atoms with Crippen LogP contribution in [-0.4, -0.2) is 18.9 Å². The average Bonchev–Trinajstić information content (AvgIpc) is 3.21. The molecule has 0 fully saturated rings. The van der Waals surface area contributed by atoms with Crippen molar-refractivity contribution < 1.29 is 18.7 Å². The third-order valence-electron chi connectivity index (χ3n) is 5.38. The zero-order valence-corrected chi connectivity index (χ0v) is 16.4. The van der Waals surface area contributed by atoms with Gasteiger partial charge in [0.15, 0.2) is 5.78 Å². The largest absolute Gasteiger partial charge is 0.469 e. The highest BCUT2D eigenvalue weighted by Crippen LogP contribution is 2.45. The first-order valence-electron chi connectivity index (χ1n) is 9.10. The van der Waals surface area contributed by atoms with E-state index >= 15 is 0 Å². The Morgan fingerprint density at radius 2 is 1.96 bits per heavy atom. The molecule has 1 aliphatic heterocycles. The molecule has 2 heterocycles. The molecule has 1 aromatic carbocycles. The van der Waals surface area contributed by atoms with Gasteiger partial charge in [0.25, 0.3) is 0 Å². The lowest BCUT2D eigenvalue weighted by Crippen LogP contribution is -2.35. The molecule has 144 valence electrons. The lowest BCUT2D eigenvalue weighted by molar-refractivity contribution is -0.136. The minimum Gasteiger partial charge on any atom is -0.469 e. The van der Waals surface area contributed by atoms with Crippen molar-refractivity contribution in [2.75, 3.05) is 7.11 Å². The molecule has 0 spiro atoms. The third-order valence-corrected chi connectivity index (χ3v) is 5.63. The first kappa shape index (κ1) is 18.6. The Morgan fingerprint density at radius 1 is 1.21 bits per heavy atom. The van der Waals surface area contributed by atoms with Gasteiger partial charge >= 0.3 is 5.97 Å². The summed E-state index contributed by atoms with van der Waals surface area (Å²) in [4.78, 5) is 25.8. The molecule has 5 nitrogen and oxygen atoms in total.